The molecule has 1 atom stereocenters. The van der Waals surface area contributed by atoms with Gasteiger partial charge in [-0.1, -0.05) is 41.9 Å². The average Bonchev–Trinajstić information content (AvgIpc) is 3.11. The van der Waals surface area contributed by atoms with Gasteiger partial charge in [0.15, 0.2) is 0 Å². The summed E-state index contributed by atoms with van der Waals surface area (Å²) in [5.74, 6) is -2.07. The van der Waals surface area contributed by atoms with Gasteiger partial charge in [0.05, 0.1) is 12.5 Å². The molecule has 0 unspecified atom stereocenters. The smallest absolute Gasteiger partial charge is 0.305 e. The number of carboxylic acid groups (broad SMARTS) is 1. The van der Waals surface area contributed by atoms with Gasteiger partial charge in [-0.3, -0.25) is 9.59 Å². The molecule has 0 bridgehead atoms. The van der Waals surface area contributed by atoms with Gasteiger partial charge in [0.1, 0.15) is 16.5 Å². The molecule has 0 fully saturated rings. The van der Waals surface area contributed by atoms with Crippen LogP contribution >= 0.6 is 22.9 Å². The summed E-state index contributed by atoms with van der Waals surface area (Å²) in [7, 11) is 0. The second-order valence-electron chi connectivity index (χ2n) is 5.66. The van der Waals surface area contributed by atoms with Crippen LogP contribution in [0.2, 0.25) is 5.02 Å². The highest BCUT2D eigenvalue weighted by Crippen LogP contribution is 2.28. The van der Waals surface area contributed by atoms with E-state index in [1.54, 1.807) is 42.5 Å². The van der Waals surface area contributed by atoms with Crippen LogP contribution in [-0.4, -0.2) is 22.0 Å². The van der Waals surface area contributed by atoms with Gasteiger partial charge in [0.2, 0.25) is 0 Å². The molecular weight excluding hydrogens is 391 g/mol. The normalized spacial score (nSPS) is 11.8. The third-order valence-electron chi connectivity index (χ3n) is 3.81. The van der Waals surface area contributed by atoms with E-state index < -0.39 is 23.7 Å². The molecule has 0 radical (unpaired) electrons. The van der Waals surface area contributed by atoms with Crippen LogP contribution in [0.4, 0.5) is 4.39 Å². The van der Waals surface area contributed by atoms with Crippen LogP contribution in [0.3, 0.4) is 0 Å². The Balaban J connectivity index is 1.83. The monoisotopic (exact) mass is 404 g/mol. The van der Waals surface area contributed by atoms with E-state index in [-0.39, 0.29) is 12.1 Å². The Labute approximate surface area is 163 Å². The fourth-order valence-corrected chi connectivity index (χ4v) is 3.63. The molecule has 1 heterocycles. The number of aliphatic carboxylic acids is 1. The Hall–Kier alpha value is -2.77. The average molecular weight is 405 g/mol. The highest BCUT2D eigenvalue weighted by molar-refractivity contribution is 7.13. The zero-order valence-corrected chi connectivity index (χ0v) is 15.4. The summed E-state index contributed by atoms with van der Waals surface area (Å²) in [6.07, 6.45) is -0.334. The van der Waals surface area contributed by atoms with Crippen molar-refractivity contribution >= 4 is 34.8 Å². The minimum Gasteiger partial charge on any atom is -0.481 e. The Morgan fingerprint density at radius 1 is 1.19 bits per heavy atom. The third-order valence-corrected chi connectivity index (χ3v) is 5.03. The second kappa shape index (κ2) is 8.28. The molecular formula is C19H14ClFN2O3S. The van der Waals surface area contributed by atoms with Gasteiger partial charge in [-0.2, -0.15) is 0 Å². The fraction of sp³-hybridized carbons (Fsp3) is 0.105. The van der Waals surface area contributed by atoms with Crippen molar-refractivity contribution in [3.63, 3.8) is 0 Å². The van der Waals surface area contributed by atoms with E-state index in [0.717, 1.165) is 11.3 Å². The molecule has 3 rings (SSSR count). The number of halogens is 2. The lowest BCUT2D eigenvalue weighted by molar-refractivity contribution is -0.137. The van der Waals surface area contributed by atoms with Crippen LogP contribution in [0.1, 0.15) is 28.5 Å². The lowest BCUT2D eigenvalue weighted by Crippen LogP contribution is -2.30. The molecule has 0 spiro atoms. The number of nitrogens with zero attached hydrogens (tertiary/aromatic N) is 1. The number of thiazole rings is 1. The van der Waals surface area contributed by atoms with E-state index >= 15 is 0 Å². The summed E-state index contributed by atoms with van der Waals surface area (Å²) in [5, 5.41) is 14.0. The van der Waals surface area contributed by atoms with Crippen molar-refractivity contribution in [2.75, 3.05) is 0 Å². The van der Waals surface area contributed by atoms with Gasteiger partial charge in [-0.05, 0) is 23.8 Å². The summed E-state index contributed by atoms with van der Waals surface area (Å²) < 4.78 is 13.9. The number of hydrogen-bond donors (Lipinski definition) is 2. The number of amides is 1. The van der Waals surface area contributed by atoms with Crippen molar-refractivity contribution in [1.82, 2.24) is 10.3 Å². The summed E-state index contributed by atoms with van der Waals surface area (Å²) in [6.45, 7) is 0. The van der Waals surface area contributed by atoms with Crippen molar-refractivity contribution in [3.8, 4) is 10.6 Å². The number of carboxylic acids is 1. The molecule has 8 heteroatoms. The molecule has 1 aromatic heterocycles. The van der Waals surface area contributed by atoms with Crippen molar-refractivity contribution in [1.29, 1.82) is 0 Å². The van der Waals surface area contributed by atoms with Crippen LogP contribution in [0.25, 0.3) is 10.6 Å². The first-order chi connectivity index (χ1) is 13.0. The van der Waals surface area contributed by atoms with E-state index in [1.807, 2.05) is 0 Å². The maximum atomic E-state index is 13.9. The number of aromatic nitrogens is 1. The number of rotatable bonds is 6. The Bertz CT molecular complexity index is 992. The number of carbonyl (C=O) groups is 2. The molecule has 0 saturated carbocycles. The van der Waals surface area contributed by atoms with Crippen LogP contribution in [-0.2, 0) is 4.79 Å². The summed E-state index contributed by atoms with van der Waals surface area (Å²) in [5.41, 5.74) is 0.884. The van der Waals surface area contributed by atoms with Crippen LogP contribution < -0.4 is 5.32 Å². The maximum absolute atomic E-state index is 13.9. The quantitative estimate of drug-likeness (QED) is 0.631. The van der Waals surface area contributed by atoms with Crippen molar-refractivity contribution in [3.05, 3.63) is 76.0 Å². The van der Waals surface area contributed by atoms with Gasteiger partial charge in [-0.25, -0.2) is 9.37 Å². The van der Waals surface area contributed by atoms with Crippen LogP contribution in [0.5, 0.6) is 0 Å². The first-order valence-electron chi connectivity index (χ1n) is 7.93. The third kappa shape index (κ3) is 4.50. The summed E-state index contributed by atoms with van der Waals surface area (Å²) in [4.78, 5) is 27.9. The Kier molecular flexibility index (Phi) is 5.83. The minimum atomic E-state index is -1.08. The highest BCUT2D eigenvalue weighted by atomic mass is 35.5. The molecule has 5 nitrogen and oxygen atoms in total. The van der Waals surface area contributed by atoms with Gasteiger partial charge in [0, 0.05) is 16.0 Å². The topological polar surface area (TPSA) is 79.3 Å². The number of nitrogens with one attached hydrogen (secondary N) is 1. The first-order valence-corrected chi connectivity index (χ1v) is 9.19. The highest BCUT2D eigenvalue weighted by Gasteiger charge is 2.22. The SMILES string of the molecule is O=C(O)C[C@H](NC(=O)c1csc(-c2ccccc2F)n1)c1ccccc1Cl. The van der Waals surface area contributed by atoms with E-state index in [4.69, 9.17) is 16.7 Å². The van der Waals surface area contributed by atoms with E-state index in [9.17, 15) is 14.0 Å². The lowest BCUT2D eigenvalue weighted by Gasteiger charge is -2.18. The molecule has 0 aliphatic rings. The zero-order chi connectivity index (χ0) is 19.4. The van der Waals surface area contributed by atoms with Gasteiger partial charge < -0.3 is 10.4 Å². The molecule has 0 saturated heterocycles. The van der Waals surface area contributed by atoms with Crippen LogP contribution in [0, 0.1) is 5.82 Å². The Morgan fingerprint density at radius 2 is 1.89 bits per heavy atom. The molecule has 1 amide bonds. The van der Waals surface area contributed by atoms with Gasteiger partial charge in [0.25, 0.3) is 5.91 Å². The van der Waals surface area contributed by atoms with E-state index in [1.165, 1.54) is 11.4 Å². The lowest BCUT2D eigenvalue weighted by atomic mass is 10.0. The van der Waals surface area contributed by atoms with E-state index in [2.05, 4.69) is 10.3 Å². The summed E-state index contributed by atoms with van der Waals surface area (Å²) >= 11 is 7.26. The molecule has 0 aliphatic heterocycles. The first kappa shape index (κ1) is 19.0. The molecule has 2 N–H and O–H groups in total. The minimum absolute atomic E-state index is 0.0840. The molecule has 2 aromatic carbocycles. The molecule has 27 heavy (non-hydrogen) atoms. The standard InChI is InChI=1S/C19H14ClFN2O3S/c20-13-7-3-1-5-11(13)15(9-17(24)25)22-18(26)16-10-27-19(23-16)12-6-2-4-8-14(12)21/h1-8,10,15H,9H2,(H,22,26)(H,24,25)/t15-/m0/s1. The second-order valence-corrected chi connectivity index (χ2v) is 6.93. The number of hydrogen-bond acceptors (Lipinski definition) is 4. The molecule has 3 aromatic rings. The van der Waals surface area contributed by atoms with Crippen molar-refractivity contribution in [2.45, 2.75) is 12.5 Å². The fourth-order valence-electron chi connectivity index (χ4n) is 2.54. The number of carbonyl (C=O) groups excluding carboxylic acids is 1. The predicted octanol–water partition coefficient (Wildman–Crippen LogP) is 4.55. The largest absolute Gasteiger partial charge is 0.481 e. The Morgan fingerprint density at radius 3 is 2.59 bits per heavy atom. The molecule has 138 valence electrons. The zero-order valence-electron chi connectivity index (χ0n) is 13.9. The van der Waals surface area contributed by atoms with Crippen molar-refractivity contribution < 1.29 is 19.1 Å². The maximum Gasteiger partial charge on any atom is 0.305 e. The van der Waals surface area contributed by atoms with Crippen molar-refractivity contribution in [2.24, 2.45) is 0 Å². The summed E-state index contributed by atoms with van der Waals surface area (Å²) in [6, 6.07) is 12.0. The van der Waals surface area contributed by atoms with Gasteiger partial charge >= 0.3 is 5.97 Å². The number of benzene rings is 2. The van der Waals surface area contributed by atoms with E-state index in [0.29, 0.717) is 21.2 Å². The van der Waals surface area contributed by atoms with Gasteiger partial charge in [-0.15, -0.1) is 11.3 Å². The molecule has 0 aliphatic carbocycles. The predicted molar refractivity (Wildman–Crippen MR) is 101 cm³/mol. The van der Waals surface area contributed by atoms with Crippen LogP contribution in [0.15, 0.2) is 53.9 Å².